The Morgan fingerprint density at radius 3 is 2.27 bits per heavy atom. The zero-order valence-corrected chi connectivity index (χ0v) is 22.2. The quantitative estimate of drug-likeness (QED) is 0.440. The lowest BCUT2D eigenvalue weighted by molar-refractivity contribution is -0.119. The highest BCUT2D eigenvalue weighted by Crippen LogP contribution is 2.32. The summed E-state index contributed by atoms with van der Waals surface area (Å²) < 4.78 is 16.7. The Balaban J connectivity index is 1.70. The molecule has 1 fully saturated rings. The summed E-state index contributed by atoms with van der Waals surface area (Å²) in [7, 11) is 2.48. The smallest absolute Gasteiger partial charge is 0.410 e. The molecule has 2 amide bonds. The third kappa shape index (κ3) is 6.17. The van der Waals surface area contributed by atoms with Gasteiger partial charge in [-0.25, -0.2) is 19.4 Å². The van der Waals surface area contributed by atoms with Crippen LogP contribution in [0.3, 0.4) is 0 Å². The number of rotatable bonds is 7. The molecule has 2 atom stereocenters. The third-order valence-corrected chi connectivity index (χ3v) is 6.31. The number of benzene rings is 2. The van der Waals surface area contributed by atoms with Crippen LogP contribution in [0, 0.1) is 0 Å². The van der Waals surface area contributed by atoms with Crippen molar-refractivity contribution in [2.75, 3.05) is 13.7 Å². The van der Waals surface area contributed by atoms with Crippen molar-refractivity contribution in [1.82, 2.24) is 19.8 Å². The Bertz CT molecular complexity index is 1470. The number of hydrogen-bond acceptors (Lipinski definition) is 9. The molecule has 0 radical (unpaired) electrons. The summed E-state index contributed by atoms with van der Waals surface area (Å²) in [6.07, 6.45) is -0.514. The first-order valence-electron chi connectivity index (χ1n) is 12.4. The molecule has 12 nitrogen and oxygen atoms in total. The first-order chi connectivity index (χ1) is 19.2. The number of carbonyl (C=O) groups excluding carboxylic acids is 4. The number of carbonyl (C=O) groups is 4. The Labute approximate surface area is 229 Å². The van der Waals surface area contributed by atoms with Gasteiger partial charge in [0, 0.05) is 26.6 Å². The van der Waals surface area contributed by atoms with Crippen molar-refractivity contribution >= 4 is 23.9 Å². The van der Waals surface area contributed by atoms with Crippen LogP contribution in [-0.2, 0) is 27.9 Å². The fourth-order valence-corrected chi connectivity index (χ4v) is 4.43. The van der Waals surface area contributed by atoms with Crippen LogP contribution < -0.4 is 15.6 Å². The normalized spacial score (nSPS) is 16.2. The lowest BCUT2D eigenvalue weighted by Crippen LogP contribution is -2.38. The van der Waals surface area contributed by atoms with Gasteiger partial charge >= 0.3 is 18.0 Å². The van der Waals surface area contributed by atoms with E-state index in [1.165, 1.54) is 31.0 Å². The SMILES string of the molecule is COC(=O)c1nc([C@@H]2C[C@H](NC(C)=O)CN2C(=O)OCc2ccccc2)n(C)c(=O)c1OC(=O)c1ccccc1. The van der Waals surface area contributed by atoms with Crippen molar-refractivity contribution in [2.45, 2.75) is 32.0 Å². The molecule has 1 aliphatic heterocycles. The van der Waals surface area contributed by atoms with Gasteiger partial charge in [-0.15, -0.1) is 0 Å². The molecular formula is C28H28N4O8. The number of nitrogens with zero attached hydrogens (tertiary/aromatic N) is 3. The van der Waals surface area contributed by atoms with Gasteiger partial charge in [0.2, 0.25) is 11.7 Å². The molecular weight excluding hydrogens is 520 g/mol. The minimum absolute atomic E-state index is 0.00183. The number of aromatic nitrogens is 2. The van der Waals surface area contributed by atoms with Crippen LogP contribution in [0.1, 0.15) is 51.6 Å². The molecule has 0 spiro atoms. The molecule has 1 saturated heterocycles. The van der Waals surface area contributed by atoms with E-state index >= 15 is 0 Å². The summed E-state index contributed by atoms with van der Waals surface area (Å²) in [5.74, 6) is -2.76. The largest absolute Gasteiger partial charge is 0.464 e. The van der Waals surface area contributed by atoms with Gasteiger partial charge in [-0.2, -0.15) is 0 Å². The van der Waals surface area contributed by atoms with Crippen molar-refractivity contribution in [2.24, 2.45) is 7.05 Å². The average molecular weight is 549 g/mol. The van der Waals surface area contributed by atoms with E-state index in [1.54, 1.807) is 30.3 Å². The highest BCUT2D eigenvalue weighted by atomic mass is 16.6. The number of amides is 2. The summed E-state index contributed by atoms with van der Waals surface area (Å²) in [5.41, 5.74) is -0.431. The molecule has 1 aliphatic rings. The maximum absolute atomic E-state index is 13.4. The van der Waals surface area contributed by atoms with Crippen molar-refractivity contribution in [1.29, 1.82) is 0 Å². The zero-order valence-electron chi connectivity index (χ0n) is 22.2. The van der Waals surface area contributed by atoms with E-state index in [9.17, 15) is 24.0 Å². The summed E-state index contributed by atoms with van der Waals surface area (Å²) >= 11 is 0. The lowest BCUT2D eigenvalue weighted by Gasteiger charge is -2.25. The molecule has 1 aromatic heterocycles. The standard InChI is InChI=1S/C28H28N4O8/c1-17(33)29-20-14-21(32(15-20)28(37)39-16-18-10-6-4-7-11-18)24-30-22(27(36)38-3)23(25(34)31(24)2)40-26(35)19-12-8-5-9-13-19/h4-13,20-21H,14-16H2,1-3H3,(H,29,33)/t20-,21-/m0/s1. The van der Waals surface area contributed by atoms with E-state index < -0.39 is 47.1 Å². The fraction of sp³-hybridized carbons (Fsp3) is 0.286. The van der Waals surface area contributed by atoms with Gasteiger partial charge in [0.15, 0.2) is 5.69 Å². The molecule has 0 bridgehead atoms. The third-order valence-electron chi connectivity index (χ3n) is 6.31. The van der Waals surface area contributed by atoms with Gasteiger partial charge in [0.05, 0.1) is 18.7 Å². The minimum atomic E-state index is -1.01. The number of hydrogen-bond donors (Lipinski definition) is 1. The second-order valence-corrected chi connectivity index (χ2v) is 9.10. The maximum atomic E-state index is 13.4. The second kappa shape index (κ2) is 12.2. The van der Waals surface area contributed by atoms with Crippen molar-refractivity contribution in [3.05, 3.63) is 93.7 Å². The molecule has 0 saturated carbocycles. The van der Waals surface area contributed by atoms with Crippen LogP contribution in [0.25, 0.3) is 0 Å². The van der Waals surface area contributed by atoms with Crippen molar-refractivity contribution < 1.29 is 33.4 Å². The van der Waals surface area contributed by atoms with E-state index in [4.69, 9.17) is 14.2 Å². The summed E-state index contributed by atoms with van der Waals surface area (Å²) in [4.78, 5) is 69.5. The molecule has 40 heavy (non-hydrogen) atoms. The lowest BCUT2D eigenvalue weighted by atomic mass is 10.1. The number of ether oxygens (including phenoxy) is 3. The molecule has 2 heterocycles. The highest BCUT2D eigenvalue weighted by molar-refractivity contribution is 5.94. The van der Waals surface area contributed by atoms with Crippen LogP contribution in [0.4, 0.5) is 4.79 Å². The molecule has 208 valence electrons. The molecule has 0 aliphatic carbocycles. The van der Waals surface area contributed by atoms with Crippen LogP contribution >= 0.6 is 0 Å². The van der Waals surface area contributed by atoms with Crippen LogP contribution in [0.15, 0.2) is 65.5 Å². The molecule has 3 aromatic rings. The molecule has 12 heteroatoms. The Morgan fingerprint density at radius 2 is 1.65 bits per heavy atom. The Morgan fingerprint density at radius 1 is 1.00 bits per heavy atom. The van der Waals surface area contributed by atoms with Crippen molar-refractivity contribution in [3.8, 4) is 5.75 Å². The van der Waals surface area contributed by atoms with Gasteiger partial charge in [-0.3, -0.25) is 19.1 Å². The predicted octanol–water partition coefficient (Wildman–Crippen LogP) is 2.37. The van der Waals surface area contributed by atoms with Crippen LogP contribution in [0.5, 0.6) is 5.75 Å². The topological polar surface area (TPSA) is 146 Å². The monoisotopic (exact) mass is 548 g/mol. The molecule has 0 unspecified atom stereocenters. The highest BCUT2D eigenvalue weighted by Gasteiger charge is 2.41. The first-order valence-corrected chi connectivity index (χ1v) is 12.4. The van der Waals surface area contributed by atoms with Gasteiger partial charge < -0.3 is 19.5 Å². The minimum Gasteiger partial charge on any atom is -0.464 e. The summed E-state index contributed by atoms with van der Waals surface area (Å²) in [6, 6.07) is 15.7. The molecule has 2 aromatic carbocycles. The van der Waals surface area contributed by atoms with Gasteiger partial charge in [-0.1, -0.05) is 48.5 Å². The summed E-state index contributed by atoms with van der Waals surface area (Å²) in [5, 5.41) is 2.77. The van der Waals surface area contributed by atoms with E-state index in [2.05, 4.69) is 10.3 Å². The maximum Gasteiger partial charge on any atom is 0.410 e. The number of likely N-dealkylation sites (tertiary alicyclic amines) is 1. The Kier molecular flexibility index (Phi) is 8.57. The number of methoxy groups -OCH3 is 1. The molecule has 4 rings (SSSR count). The fourth-order valence-electron chi connectivity index (χ4n) is 4.43. The second-order valence-electron chi connectivity index (χ2n) is 9.10. The van der Waals surface area contributed by atoms with E-state index in [0.29, 0.717) is 0 Å². The summed E-state index contributed by atoms with van der Waals surface area (Å²) in [6.45, 7) is 1.43. The van der Waals surface area contributed by atoms with Crippen molar-refractivity contribution in [3.63, 3.8) is 0 Å². The Hall–Kier alpha value is -5.00. The zero-order chi connectivity index (χ0) is 28.8. The van der Waals surface area contributed by atoms with Gasteiger partial charge in [0.1, 0.15) is 12.4 Å². The van der Waals surface area contributed by atoms with Gasteiger partial charge in [0.25, 0.3) is 5.56 Å². The average Bonchev–Trinajstić information content (AvgIpc) is 3.37. The van der Waals surface area contributed by atoms with E-state index in [-0.39, 0.29) is 36.9 Å². The molecule has 1 N–H and O–H groups in total. The van der Waals surface area contributed by atoms with Gasteiger partial charge in [-0.05, 0) is 24.1 Å². The predicted molar refractivity (Wildman–Crippen MR) is 141 cm³/mol. The van der Waals surface area contributed by atoms with E-state index in [0.717, 1.165) is 17.2 Å². The van der Waals surface area contributed by atoms with Crippen LogP contribution in [0.2, 0.25) is 0 Å². The number of nitrogens with one attached hydrogen (secondary N) is 1. The number of esters is 2. The first kappa shape index (κ1) is 28.0. The van der Waals surface area contributed by atoms with E-state index in [1.807, 2.05) is 18.2 Å². The van der Waals surface area contributed by atoms with Crippen LogP contribution in [-0.4, -0.2) is 58.1 Å².